The van der Waals surface area contributed by atoms with E-state index in [2.05, 4.69) is 0 Å². The molecule has 0 saturated carbocycles. The van der Waals surface area contributed by atoms with Gasteiger partial charge in [-0.2, -0.15) is 13.2 Å². The fourth-order valence-electron chi connectivity index (χ4n) is 4.07. The summed E-state index contributed by atoms with van der Waals surface area (Å²) >= 11 is 0. The van der Waals surface area contributed by atoms with Crippen molar-refractivity contribution in [1.82, 2.24) is 0 Å². The second kappa shape index (κ2) is 10.2. The molecule has 1 aliphatic heterocycles. The molecule has 1 N–H and O–H groups in total. The fourth-order valence-corrected chi connectivity index (χ4v) is 4.07. The quantitative estimate of drug-likeness (QED) is 0.377. The predicted octanol–water partition coefficient (Wildman–Crippen LogP) is 6.14. The number of hydrogen-bond donors (Lipinski definition) is 1. The molecule has 0 unspecified atom stereocenters. The Morgan fingerprint density at radius 2 is 1.81 bits per heavy atom. The summed E-state index contributed by atoms with van der Waals surface area (Å²) in [5.41, 5.74) is 0.705. The third-order valence-corrected chi connectivity index (χ3v) is 6.03. The number of aliphatic hydroxyl groups excluding tert-OH is 1. The van der Waals surface area contributed by atoms with E-state index >= 15 is 0 Å². The van der Waals surface area contributed by atoms with E-state index in [9.17, 15) is 23.1 Å². The molecule has 1 aliphatic rings. The lowest BCUT2D eigenvalue weighted by atomic mass is 9.92. The van der Waals surface area contributed by atoms with Crippen molar-refractivity contribution in [2.75, 3.05) is 6.61 Å². The Morgan fingerprint density at radius 1 is 1.06 bits per heavy atom. The second-order valence-electron chi connectivity index (χ2n) is 9.25. The Hall–Kier alpha value is -3.52. The number of hydrogen-bond acceptors (Lipinski definition) is 5. The minimum absolute atomic E-state index is 0.00271. The average molecular weight is 501 g/mol. The van der Waals surface area contributed by atoms with Gasteiger partial charge in [-0.15, -0.1) is 0 Å². The van der Waals surface area contributed by atoms with Crippen molar-refractivity contribution in [2.45, 2.75) is 51.7 Å². The molecular formula is C28H27F3O5. The number of fused-ring (bicyclic) bond motifs is 1. The van der Waals surface area contributed by atoms with Gasteiger partial charge in [-0.3, -0.25) is 4.79 Å². The van der Waals surface area contributed by atoms with Crippen molar-refractivity contribution >= 4 is 5.78 Å². The van der Waals surface area contributed by atoms with E-state index in [1.165, 1.54) is 0 Å². The van der Waals surface area contributed by atoms with Gasteiger partial charge in [-0.25, -0.2) is 0 Å². The van der Waals surface area contributed by atoms with Crippen molar-refractivity contribution in [3.63, 3.8) is 0 Å². The molecule has 5 nitrogen and oxygen atoms in total. The van der Waals surface area contributed by atoms with Crippen LogP contribution in [0.1, 0.15) is 52.9 Å². The van der Waals surface area contributed by atoms with Crippen molar-refractivity contribution < 1.29 is 37.3 Å². The first-order valence-corrected chi connectivity index (χ1v) is 11.6. The lowest BCUT2D eigenvalue weighted by Crippen LogP contribution is -2.33. The monoisotopic (exact) mass is 500 g/mol. The Bertz CT molecular complexity index is 1240. The number of carbonyl (C=O) groups is 1. The SMILES string of the molecule is CC1(C)CCc2c(ccc(CO)c2OCC(=O)c2ccc(C(F)(F)F)cc2OCc2ccccc2)O1. The summed E-state index contributed by atoms with van der Waals surface area (Å²) in [4.78, 5) is 13.1. The van der Waals surface area contributed by atoms with Gasteiger partial charge in [0, 0.05) is 11.1 Å². The standard InChI is InChI=1S/C28H27F3O5/c1-27(2)13-12-22-24(36-27)11-8-19(15-32)26(22)35-17-23(33)21-10-9-20(28(29,30)31)14-25(21)34-16-18-6-4-3-5-7-18/h3-11,14,32H,12-13,15-17H2,1-2H3. The highest BCUT2D eigenvalue weighted by atomic mass is 19.4. The molecule has 4 rings (SSSR count). The predicted molar refractivity (Wildman–Crippen MR) is 127 cm³/mol. The third kappa shape index (κ3) is 5.82. The zero-order chi connectivity index (χ0) is 25.9. The number of aliphatic hydroxyl groups is 1. The number of benzene rings is 3. The van der Waals surface area contributed by atoms with Crippen molar-refractivity contribution in [3.8, 4) is 17.2 Å². The normalized spacial score (nSPS) is 14.5. The van der Waals surface area contributed by atoms with E-state index in [-0.39, 0.29) is 30.1 Å². The first kappa shape index (κ1) is 25.6. The average Bonchev–Trinajstić information content (AvgIpc) is 2.85. The first-order valence-electron chi connectivity index (χ1n) is 11.6. The lowest BCUT2D eigenvalue weighted by molar-refractivity contribution is -0.137. The van der Waals surface area contributed by atoms with Gasteiger partial charge in [0.05, 0.1) is 17.7 Å². The van der Waals surface area contributed by atoms with E-state index in [0.29, 0.717) is 23.5 Å². The van der Waals surface area contributed by atoms with Gasteiger partial charge >= 0.3 is 6.18 Å². The van der Waals surface area contributed by atoms with Gasteiger partial charge in [0.2, 0.25) is 5.78 Å². The van der Waals surface area contributed by atoms with Crippen LogP contribution in [-0.4, -0.2) is 23.1 Å². The summed E-state index contributed by atoms with van der Waals surface area (Å²) in [6.45, 7) is 3.20. The van der Waals surface area contributed by atoms with Gasteiger partial charge in [0.25, 0.3) is 0 Å². The summed E-state index contributed by atoms with van der Waals surface area (Å²) < 4.78 is 57.5. The van der Waals surface area contributed by atoms with Gasteiger partial charge in [0.15, 0.2) is 6.61 Å². The summed E-state index contributed by atoms with van der Waals surface area (Å²) in [6.07, 6.45) is -3.24. The molecule has 0 aromatic heterocycles. The zero-order valence-electron chi connectivity index (χ0n) is 20.0. The number of carbonyl (C=O) groups excluding carboxylic acids is 1. The third-order valence-electron chi connectivity index (χ3n) is 6.03. The molecule has 0 saturated heterocycles. The summed E-state index contributed by atoms with van der Waals surface area (Å²) in [7, 11) is 0. The highest BCUT2D eigenvalue weighted by Gasteiger charge is 2.33. The lowest BCUT2D eigenvalue weighted by Gasteiger charge is -2.33. The molecule has 0 radical (unpaired) electrons. The van der Waals surface area contributed by atoms with E-state index in [1.807, 2.05) is 19.9 Å². The van der Waals surface area contributed by atoms with E-state index < -0.39 is 24.1 Å². The van der Waals surface area contributed by atoms with Crippen LogP contribution < -0.4 is 14.2 Å². The molecule has 0 aliphatic carbocycles. The Kier molecular flexibility index (Phi) is 7.26. The molecule has 3 aromatic carbocycles. The van der Waals surface area contributed by atoms with Crippen LogP contribution in [0.5, 0.6) is 17.2 Å². The van der Waals surface area contributed by atoms with Crippen LogP contribution in [0, 0.1) is 0 Å². The zero-order valence-corrected chi connectivity index (χ0v) is 20.0. The number of halogens is 3. The largest absolute Gasteiger partial charge is 0.488 e. The number of ether oxygens (including phenoxy) is 3. The number of rotatable bonds is 8. The van der Waals surface area contributed by atoms with Crippen LogP contribution in [0.4, 0.5) is 13.2 Å². The van der Waals surface area contributed by atoms with Crippen LogP contribution in [0.2, 0.25) is 0 Å². The minimum Gasteiger partial charge on any atom is -0.488 e. The Morgan fingerprint density at radius 3 is 2.50 bits per heavy atom. The van der Waals surface area contributed by atoms with Crippen LogP contribution in [-0.2, 0) is 25.8 Å². The van der Waals surface area contributed by atoms with Crippen LogP contribution in [0.15, 0.2) is 60.7 Å². The Balaban J connectivity index is 1.58. The molecule has 0 amide bonds. The molecule has 36 heavy (non-hydrogen) atoms. The van der Waals surface area contributed by atoms with Crippen molar-refractivity contribution in [2.24, 2.45) is 0 Å². The van der Waals surface area contributed by atoms with E-state index in [4.69, 9.17) is 14.2 Å². The fraction of sp³-hybridized carbons (Fsp3) is 0.321. The summed E-state index contributed by atoms with van der Waals surface area (Å²) in [5.74, 6) is 0.250. The maximum absolute atomic E-state index is 13.3. The smallest absolute Gasteiger partial charge is 0.416 e. The van der Waals surface area contributed by atoms with Gasteiger partial charge < -0.3 is 19.3 Å². The highest BCUT2D eigenvalue weighted by molar-refractivity contribution is 6.00. The molecule has 8 heteroatoms. The van der Waals surface area contributed by atoms with Gasteiger partial charge in [-0.1, -0.05) is 30.3 Å². The molecular weight excluding hydrogens is 473 g/mol. The van der Waals surface area contributed by atoms with Crippen LogP contribution >= 0.6 is 0 Å². The summed E-state index contributed by atoms with van der Waals surface area (Å²) in [6, 6.07) is 15.2. The molecule has 0 fully saturated rings. The van der Waals surface area contributed by atoms with Gasteiger partial charge in [0.1, 0.15) is 29.5 Å². The number of Topliss-reactive ketones (excluding diaryl/α,β-unsaturated/α-hetero) is 1. The topological polar surface area (TPSA) is 65.0 Å². The number of ketones is 1. The molecule has 0 bridgehead atoms. The molecule has 1 heterocycles. The van der Waals surface area contributed by atoms with E-state index in [0.717, 1.165) is 35.7 Å². The minimum atomic E-state index is -4.59. The van der Waals surface area contributed by atoms with Gasteiger partial charge in [-0.05, 0) is 62.6 Å². The number of alkyl halides is 3. The van der Waals surface area contributed by atoms with Crippen LogP contribution in [0.3, 0.4) is 0 Å². The molecule has 3 aromatic rings. The maximum Gasteiger partial charge on any atom is 0.416 e. The van der Waals surface area contributed by atoms with Crippen molar-refractivity contribution in [3.05, 3.63) is 88.5 Å². The molecule has 190 valence electrons. The second-order valence-corrected chi connectivity index (χ2v) is 9.25. The molecule has 0 atom stereocenters. The van der Waals surface area contributed by atoms with Crippen LogP contribution in [0.25, 0.3) is 0 Å². The first-order chi connectivity index (χ1) is 17.1. The Labute approximate surface area is 207 Å². The van der Waals surface area contributed by atoms with E-state index in [1.54, 1.807) is 36.4 Å². The molecule has 0 spiro atoms. The highest BCUT2D eigenvalue weighted by Crippen LogP contribution is 2.41. The van der Waals surface area contributed by atoms with Crippen molar-refractivity contribution in [1.29, 1.82) is 0 Å². The summed E-state index contributed by atoms with van der Waals surface area (Å²) in [5, 5.41) is 9.80. The maximum atomic E-state index is 13.3.